The van der Waals surface area contributed by atoms with Crippen molar-refractivity contribution in [2.45, 2.75) is 24.1 Å². The molecule has 2 amide bonds. The number of hydrogen-bond donors (Lipinski definition) is 1. The van der Waals surface area contributed by atoms with Crippen LogP contribution in [-0.2, 0) is 25.3 Å². The molecule has 158 valence electrons. The van der Waals surface area contributed by atoms with Crippen molar-refractivity contribution in [2.75, 3.05) is 22.5 Å². The van der Waals surface area contributed by atoms with Crippen LogP contribution in [0.15, 0.2) is 53.4 Å². The lowest BCUT2D eigenvalue weighted by Crippen LogP contribution is -2.47. The van der Waals surface area contributed by atoms with Crippen molar-refractivity contribution in [2.24, 2.45) is 0 Å². The Hall–Kier alpha value is -3.01. The molecule has 2 aromatic carbocycles. The fraction of sp³-hybridized carbons (Fsp3) is 0.250. The molecule has 10 heteroatoms. The minimum Gasteiger partial charge on any atom is -0.452 e. The predicted molar refractivity (Wildman–Crippen MR) is 105 cm³/mol. The van der Waals surface area contributed by atoms with E-state index in [0.29, 0.717) is 0 Å². The zero-order valence-corrected chi connectivity index (χ0v) is 16.5. The summed E-state index contributed by atoms with van der Waals surface area (Å²) >= 11 is 1.24. The van der Waals surface area contributed by atoms with Crippen molar-refractivity contribution in [3.63, 3.8) is 0 Å². The molecule has 0 saturated carbocycles. The van der Waals surface area contributed by atoms with E-state index in [1.165, 1.54) is 18.7 Å². The molecule has 0 saturated heterocycles. The van der Waals surface area contributed by atoms with E-state index >= 15 is 0 Å². The second-order valence-electron chi connectivity index (χ2n) is 6.44. The lowest BCUT2D eigenvalue weighted by Gasteiger charge is -2.31. The molecular weight excluding hydrogens is 421 g/mol. The average molecular weight is 438 g/mol. The van der Waals surface area contributed by atoms with Crippen LogP contribution in [0.25, 0.3) is 0 Å². The van der Waals surface area contributed by atoms with Crippen LogP contribution in [0.5, 0.6) is 0 Å². The second kappa shape index (κ2) is 8.78. The van der Waals surface area contributed by atoms with E-state index in [9.17, 15) is 27.6 Å². The van der Waals surface area contributed by atoms with Gasteiger partial charge in [-0.15, -0.1) is 11.8 Å². The molecule has 1 heterocycles. The van der Waals surface area contributed by atoms with Gasteiger partial charge in [0.25, 0.3) is 5.91 Å². The topological polar surface area (TPSA) is 75.7 Å². The summed E-state index contributed by atoms with van der Waals surface area (Å²) in [6, 6.07) is 11.8. The molecule has 1 aliphatic heterocycles. The fourth-order valence-corrected chi connectivity index (χ4v) is 3.53. The van der Waals surface area contributed by atoms with Crippen LogP contribution in [-0.4, -0.2) is 36.2 Å². The fourth-order valence-electron chi connectivity index (χ4n) is 2.82. The predicted octanol–water partition coefficient (Wildman–Crippen LogP) is 3.71. The highest BCUT2D eigenvalue weighted by Gasteiger charge is 2.35. The molecule has 1 N–H and O–H groups in total. The number of carbonyl (C=O) groups excluding carboxylic acids is 3. The highest BCUT2D eigenvalue weighted by atomic mass is 32.2. The molecule has 1 unspecified atom stereocenters. The highest BCUT2D eigenvalue weighted by Crippen LogP contribution is 2.37. The van der Waals surface area contributed by atoms with E-state index in [0.717, 1.165) is 28.0 Å². The van der Waals surface area contributed by atoms with Crippen molar-refractivity contribution in [3.05, 3.63) is 54.1 Å². The van der Waals surface area contributed by atoms with Crippen molar-refractivity contribution >= 4 is 40.9 Å². The summed E-state index contributed by atoms with van der Waals surface area (Å²) in [5.41, 5.74) is -0.977. The molecule has 0 fully saturated rings. The number of anilines is 2. The van der Waals surface area contributed by atoms with Crippen LogP contribution < -0.4 is 10.2 Å². The Balaban J connectivity index is 1.68. The standard InChI is InChI=1S/C20H17F3N2O4S/c1-12(29-18(27)11-30-14-5-3-2-4-6-14)19(28)25-10-17(26)24-15-9-13(20(21,22)23)7-8-16(15)25/h2-9,12H,10-11H2,1H3,(H,24,26). The first-order chi connectivity index (χ1) is 14.1. The van der Waals surface area contributed by atoms with Gasteiger partial charge in [0.1, 0.15) is 6.54 Å². The minimum absolute atomic E-state index is 0.0202. The summed E-state index contributed by atoms with van der Waals surface area (Å²) in [6.45, 7) is 0.960. The Morgan fingerprint density at radius 1 is 1.20 bits per heavy atom. The molecule has 0 aromatic heterocycles. The number of amides is 2. The van der Waals surface area contributed by atoms with Gasteiger partial charge >= 0.3 is 12.1 Å². The lowest BCUT2D eigenvalue weighted by atomic mass is 10.1. The van der Waals surface area contributed by atoms with Gasteiger partial charge in [-0.25, -0.2) is 0 Å². The Bertz CT molecular complexity index is 966. The number of benzene rings is 2. The molecule has 0 radical (unpaired) electrons. The summed E-state index contributed by atoms with van der Waals surface area (Å²) in [4.78, 5) is 38.6. The first kappa shape index (κ1) is 21.7. The third kappa shape index (κ3) is 5.12. The zero-order chi connectivity index (χ0) is 21.9. The molecule has 6 nitrogen and oxygen atoms in total. The number of nitrogens with zero attached hydrogens (tertiary/aromatic N) is 1. The molecule has 1 aliphatic rings. The van der Waals surface area contributed by atoms with Crippen molar-refractivity contribution in [3.8, 4) is 0 Å². The molecule has 2 aromatic rings. The average Bonchev–Trinajstić information content (AvgIpc) is 2.70. The minimum atomic E-state index is -4.59. The molecular formula is C20H17F3N2O4S. The summed E-state index contributed by atoms with van der Waals surface area (Å²) in [6.07, 6.45) is -5.81. The van der Waals surface area contributed by atoms with Gasteiger partial charge in [0.2, 0.25) is 5.91 Å². The first-order valence-electron chi connectivity index (χ1n) is 8.85. The molecule has 0 bridgehead atoms. The van der Waals surface area contributed by atoms with Crippen LogP contribution in [0.4, 0.5) is 24.5 Å². The maximum absolute atomic E-state index is 12.9. The van der Waals surface area contributed by atoms with Gasteiger partial charge in [0, 0.05) is 4.90 Å². The number of hydrogen-bond acceptors (Lipinski definition) is 5. The summed E-state index contributed by atoms with van der Waals surface area (Å²) in [5, 5.41) is 2.33. The third-order valence-corrected chi connectivity index (χ3v) is 5.20. The van der Waals surface area contributed by atoms with E-state index < -0.39 is 42.2 Å². The van der Waals surface area contributed by atoms with Gasteiger partial charge in [-0.05, 0) is 37.3 Å². The van der Waals surface area contributed by atoms with E-state index in [1.54, 1.807) is 0 Å². The van der Waals surface area contributed by atoms with Crippen molar-refractivity contribution in [1.82, 2.24) is 0 Å². The Morgan fingerprint density at radius 3 is 2.57 bits per heavy atom. The number of esters is 1. The Morgan fingerprint density at radius 2 is 1.90 bits per heavy atom. The zero-order valence-electron chi connectivity index (χ0n) is 15.7. The first-order valence-corrected chi connectivity index (χ1v) is 9.83. The van der Waals surface area contributed by atoms with Crippen LogP contribution in [0.1, 0.15) is 12.5 Å². The number of fused-ring (bicyclic) bond motifs is 1. The van der Waals surface area contributed by atoms with Gasteiger partial charge in [0.15, 0.2) is 6.10 Å². The number of carbonyl (C=O) groups is 3. The SMILES string of the molecule is CC(OC(=O)CSc1ccccc1)C(=O)N1CC(=O)Nc2cc(C(F)(F)F)ccc21. The maximum Gasteiger partial charge on any atom is 0.416 e. The number of thioether (sulfide) groups is 1. The van der Waals surface area contributed by atoms with Crippen LogP contribution in [0, 0.1) is 0 Å². The van der Waals surface area contributed by atoms with E-state index in [2.05, 4.69) is 5.32 Å². The summed E-state index contributed by atoms with van der Waals surface area (Å²) in [5.74, 6) is -2.00. The smallest absolute Gasteiger partial charge is 0.416 e. The van der Waals surface area contributed by atoms with Gasteiger partial charge in [-0.2, -0.15) is 13.2 Å². The van der Waals surface area contributed by atoms with Crippen molar-refractivity contribution < 1.29 is 32.3 Å². The Labute approximate surface area is 174 Å². The second-order valence-corrected chi connectivity index (χ2v) is 7.48. The Kier molecular flexibility index (Phi) is 6.35. The summed E-state index contributed by atoms with van der Waals surface area (Å²) in [7, 11) is 0. The molecule has 1 atom stereocenters. The van der Waals surface area contributed by atoms with Gasteiger partial charge in [0.05, 0.1) is 22.7 Å². The number of alkyl halides is 3. The monoisotopic (exact) mass is 438 g/mol. The third-order valence-electron chi connectivity index (χ3n) is 4.21. The molecule has 0 spiro atoms. The normalized spacial score (nSPS) is 14.5. The summed E-state index contributed by atoms with van der Waals surface area (Å²) < 4.78 is 43.9. The number of ether oxygens (including phenoxy) is 1. The number of rotatable bonds is 5. The largest absolute Gasteiger partial charge is 0.452 e. The van der Waals surface area contributed by atoms with E-state index in [1.807, 2.05) is 30.3 Å². The number of halogens is 3. The molecule has 0 aliphatic carbocycles. The maximum atomic E-state index is 12.9. The quantitative estimate of drug-likeness (QED) is 0.569. The number of nitrogens with one attached hydrogen (secondary N) is 1. The lowest BCUT2D eigenvalue weighted by molar-refractivity contribution is -0.151. The van der Waals surface area contributed by atoms with E-state index in [4.69, 9.17) is 4.74 Å². The van der Waals surface area contributed by atoms with Gasteiger partial charge in [-0.3, -0.25) is 19.3 Å². The van der Waals surface area contributed by atoms with Crippen LogP contribution >= 0.6 is 11.8 Å². The van der Waals surface area contributed by atoms with Gasteiger partial charge in [-0.1, -0.05) is 18.2 Å². The van der Waals surface area contributed by atoms with Crippen LogP contribution in [0.3, 0.4) is 0 Å². The highest BCUT2D eigenvalue weighted by molar-refractivity contribution is 8.00. The van der Waals surface area contributed by atoms with Crippen molar-refractivity contribution in [1.29, 1.82) is 0 Å². The van der Waals surface area contributed by atoms with Crippen LogP contribution in [0.2, 0.25) is 0 Å². The van der Waals surface area contributed by atoms with Gasteiger partial charge < -0.3 is 10.1 Å². The molecule has 30 heavy (non-hydrogen) atoms. The molecule has 3 rings (SSSR count). The van der Waals surface area contributed by atoms with E-state index in [-0.39, 0.29) is 17.1 Å².